The Bertz CT molecular complexity index is 871. The van der Waals surface area contributed by atoms with Crippen molar-refractivity contribution < 1.29 is 23.9 Å². The van der Waals surface area contributed by atoms with Crippen LogP contribution in [0.15, 0.2) is 59.7 Å². The zero-order chi connectivity index (χ0) is 21.6. The molecular formula is C21H24N4O5. The Morgan fingerprint density at radius 2 is 1.73 bits per heavy atom. The summed E-state index contributed by atoms with van der Waals surface area (Å²) in [6.07, 6.45) is 1.93. The largest absolute Gasteiger partial charge is 0.483 e. The van der Waals surface area contributed by atoms with Crippen molar-refractivity contribution in [3.63, 3.8) is 0 Å². The Morgan fingerprint density at radius 1 is 1.00 bits per heavy atom. The summed E-state index contributed by atoms with van der Waals surface area (Å²) in [6, 6.07) is 15.9. The van der Waals surface area contributed by atoms with Crippen LogP contribution in [0.5, 0.6) is 5.75 Å². The van der Waals surface area contributed by atoms with E-state index in [1.165, 1.54) is 6.21 Å². The van der Waals surface area contributed by atoms with Crippen LogP contribution in [-0.4, -0.2) is 50.8 Å². The average molecular weight is 412 g/mol. The molecule has 0 heterocycles. The lowest BCUT2D eigenvalue weighted by Gasteiger charge is -2.09. The summed E-state index contributed by atoms with van der Waals surface area (Å²) in [4.78, 5) is 35.4. The van der Waals surface area contributed by atoms with Gasteiger partial charge in [0, 0.05) is 31.5 Å². The van der Waals surface area contributed by atoms with Gasteiger partial charge in [-0.05, 0) is 30.7 Å². The number of benzene rings is 2. The van der Waals surface area contributed by atoms with E-state index in [2.05, 4.69) is 21.2 Å². The molecule has 0 spiro atoms. The minimum atomic E-state index is -0.885. The first-order valence-corrected chi connectivity index (χ1v) is 9.27. The molecule has 0 bridgehead atoms. The molecule has 0 unspecified atom stereocenters. The summed E-state index contributed by atoms with van der Waals surface area (Å²) in [5.74, 6) is -1.58. The molecular weight excluding hydrogens is 388 g/mol. The third-order valence-corrected chi connectivity index (χ3v) is 3.72. The highest BCUT2D eigenvalue weighted by Gasteiger charge is 2.11. The van der Waals surface area contributed by atoms with Crippen LogP contribution in [-0.2, 0) is 19.1 Å². The van der Waals surface area contributed by atoms with Crippen LogP contribution in [0.4, 0.5) is 5.69 Å². The fraction of sp³-hybridized carbons (Fsp3) is 0.238. The van der Waals surface area contributed by atoms with Gasteiger partial charge in [0.05, 0.1) is 6.21 Å². The van der Waals surface area contributed by atoms with Crippen molar-refractivity contribution in [3.8, 4) is 5.75 Å². The molecule has 0 aliphatic carbocycles. The number of ether oxygens (including phenoxy) is 2. The van der Waals surface area contributed by atoms with E-state index in [9.17, 15) is 14.4 Å². The lowest BCUT2D eigenvalue weighted by Crippen LogP contribution is -2.38. The van der Waals surface area contributed by atoms with Crippen LogP contribution in [0.1, 0.15) is 12.0 Å². The molecule has 9 heteroatoms. The van der Waals surface area contributed by atoms with E-state index in [1.807, 2.05) is 18.2 Å². The highest BCUT2D eigenvalue weighted by molar-refractivity contribution is 6.35. The second-order valence-electron chi connectivity index (χ2n) is 6.04. The first kappa shape index (κ1) is 22.6. The second-order valence-corrected chi connectivity index (χ2v) is 6.04. The van der Waals surface area contributed by atoms with Crippen LogP contribution in [0.3, 0.4) is 0 Å². The monoisotopic (exact) mass is 412 g/mol. The van der Waals surface area contributed by atoms with Crippen molar-refractivity contribution in [1.29, 1.82) is 0 Å². The molecule has 0 aromatic heterocycles. The number of methoxy groups -OCH3 is 1. The quantitative estimate of drug-likeness (QED) is 0.235. The van der Waals surface area contributed by atoms with E-state index < -0.39 is 11.8 Å². The van der Waals surface area contributed by atoms with E-state index in [-0.39, 0.29) is 12.5 Å². The number of carbonyl (C=O) groups excluding carboxylic acids is 3. The number of hydrazone groups is 1. The van der Waals surface area contributed by atoms with E-state index in [0.29, 0.717) is 36.6 Å². The number of hydrogen-bond acceptors (Lipinski definition) is 6. The molecule has 3 amide bonds. The molecule has 0 fully saturated rings. The van der Waals surface area contributed by atoms with Gasteiger partial charge in [-0.1, -0.05) is 30.3 Å². The minimum Gasteiger partial charge on any atom is -0.483 e. The summed E-state index contributed by atoms with van der Waals surface area (Å²) in [5, 5.41) is 8.95. The molecule has 2 aromatic rings. The maximum Gasteiger partial charge on any atom is 0.329 e. The van der Waals surface area contributed by atoms with Crippen LogP contribution in [0.25, 0.3) is 0 Å². The van der Waals surface area contributed by atoms with Crippen LogP contribution in [0.2, 0.25) is 0 Å². The molecule has 3 N–H and O–H groups in total. The predicted octanol–water partition coefficient (Wildman–Crippen LogP) is 1.31. The van der Waals surface area contributed by atoms with Gasteiger partial charge in [-0.15, -0.1) is 0 Å². The fourth-order valence-corrected chi connectivity index (χ4v) is 2.29. The lowest BCUT2D eigenvalue weighted by molar-refractivity contribution is -0.139. The Labute approximate surface area is 174 Å². The van der Waals surface area contributed by atoms with Gasteiger partial charge >= 0.3 is 11.8 Å². The first-order valence-electron chi connectivity index (χ1n) is 9.27. The number of amides is 3. The molecule has 0 saturated carbocycles. The van der Waals surface area contributed by atoms with Crippen molar-refractivity contribution in [2.75, 3.05) is 32.2 Å². The summed E-state index contributed by atoms with van der Waals surface area (Å²) < 4.78 is 10.4. The number of rotatable bonds is 10. The van der Waals surface area contributed by atoms with Gasteiger partial charge in [-0.25, -0.2) is 5.43 Å². The van der Waals surface area contributed by atoms with E-state index in [4.69, 9.17) is 9.47 Å². The van der Waals surface area contributed by atoms with Crippen LogP contribution in [0, 0.1) is 0 Å². The van der Waals surface area contributed by atoms with E-state index in [0.717, 1.165) is 0 Å². The Balaban J connectivity index is 1.83. The molecule has 30 heavy (non-hydrogen) atoms. The van der Waals surface area contributed by atoms with E-state index in [1.54, 1.807) is 43.5 Å². The second kappa shape index (κ2) is 12.7. The normalized spacial score (nSPS) is 10.4. The summed E-state index contributed by atoms with van der Waals surface area (Å²) in [5.41, 5.74) is 3.35. The van der Waals surface area contributed by atoms with Gasteiger partial charge < -0.3 is 20.1 Å². The van der Waals surface area contributed by atoms with Crippen molar-refractivity contribution in [1.82, 2.24) is 10.7 Å². The zero-order valence-electron chi connectivity index (χ0n) is 16.6. The molecule has 0 aliphatic rings. The standard InChI is InChI=1S/C21H24N4O5/c1-29-13-7-12-22-20(27)21(28)25-23-14-16-8-5-6-11-18(16)30-15-19(26)24-17-9-3-2-4-10-17/h2-6,8-11,14H,7,12-13,15H2,1H3,(H,22,27)(H,24,26)(H,25,28)/b23-14-. The maximum atomic E-state index is 12.0. The van der Waals surface area contributed by atoms with Gasteiger partial charge in [-0.2, -0.15) is 5.10 Å². The number of hydrogen-bond donors (Lipinski definition) is 3. The summed E-state index contributed by atoms with van der Waals surface area (Å²) in [6.45, 7) is 0.613. The van der Waals surface area contributed by atoms with Gasteiger partial charge in [-0.3, -0.25) is 14.4 Å². The van der Waals surface area contributed by atoms with Crippen LogP contribution >= 0.6 is 0 Å². The minimum absolute atomic E-state index is 0.198. The number of carbonyl (C=O) groups is 3. The third-order valence-electron chi connectivity index (χ3n) is 3.72. The zero-order valence-corrected chi connectivity index (χ0v) is 16.6. The number of para-hydroxylation sites is 2. The molecule has 158 valence electrons. The first-order chi connectivity index (χ1) is 14.6. The lowest BCUT2D eigenvalue weighted by atomic mass is 10.2. The van der Waals surface area contributed by atoms with Crippen molar-refractivity contribution >= 4 is 29.6 Å². The summed E-state index contributed by atoms with van der Waals surface area (Å²) >= 11 is 0. The predicted molar refractivity (Wildman–Crippen MR) is 112 cm³/mol. The maximum absolute atomic E-state index is 12.0. The average Bonchev–Trinajstić information content (AvgIpc) is 2.76. The smallest absolute Gasteiger partial charge is 0.329 e. The highest BCUT2D eigenvalue weighted by Crippen LogP contribution is 2.16. The topological polar surface area (TPSA) is 118 Å². The SMILES string of the molecule is COCCCNC(=O)C(=O)N/N=C\c1ccccc1OCC(=O)Nc1ccccc1. The number of anilines is 1. The van der Waals surface area contributed by atoms with Crippen molar-refractivity contribution in [2.24, 2.45) is 5.10 Å². The molecule has 0 aliphatic heterocycles. The Kier molecular flexibility index (Phi) is 9.54. The Hall–Kier alpha value is -3.72. The van der Waals surface area contributed by atoms with Crippen molar-refractivity contribution in [3.05, 3.63) is 60.2 Å². The molecule has 0 radical (unpaired) electrons. The Morgan fingerprint density at radius 3 is 2.50 bits per heavy atom. The van der Waals surface area contributed by atoms with Crippen molar-refractivity contribution in [2.45, 2.75) is 6.42 Å². The van der Waals surface area contributed by atoms with Gasteiger partial charge in [0.25, 0.3) is 5.91 Å². The number of nitrogens with one attached hydrogen (secondary N) is 3. The van der Waals surface area contributed by atoms with Gasteiger partial charge in [0.1, 0.15) is 5.75 Å². The van der Waals surface area contributed by atoms with Crippen LogP contribution < -0.4 is 20.8 Å². The fourth-order valence-electron chi connectivity index (χ4n) is 2.29. The molecule has 2 rings (SSSR count). The highest BCUT2D eigenvalue weighted by atomic mass is 16.5. The van der Waals surface area contributed by atoms with Gasteiger partial charge in [0.2, 0.25) is 0 Å². The molecule has 0 atom stereocenters. The molecule has 9 nitrogen and oxygen atoms in total. The number of nitrogens with zero attached hydrogens (tertiary/aromatic N) is 1. The summed E-state index contributed by atoms with van der Waals surface area (Å²) in [7, 11) is 1.56. The third kappa shape index (κ3) is 8.11. The molecule has 0 saturated heterocycles. The van der Waals surface area contributed by atoms with E-state index >= 15 is 0 Å². The van der Waals surface area contributed by atoms with Gasteiger partial charge in [0.15, 0.2) is 6.61 Å². The molecule has 2 aromatic carbocycles.